The highest BCUT2D eigenvalue weighted by molar-refractivity contribution is 5.94. The van der Waals surface area contributed by atoms with Crippen molar-refractivity contribution < 1.29 is 14.0 Å². The molecule has 2 heterocycles. The second-order valence-electron chi connectivity index (χ2n) is 7.85. The van der Waals surface area contributed by atoms with Crippen LogP contribution in [0, 0.1) is 11.7 Å². The molecule has 0 aliphatic carbocycles. The fraction of sp³-hybridized carbons (Fsp3) is 0.292. The van der Waals surface area contributed by atoms with E-state index in [1.54, 1.807) is 11.1 Å². The van der Waals surface area contributed by atoms with Gasteiger partial charge in [-0.2, -0.15) is 0 Å². The minimum Gasteiger partial charge on any atom is -0.342 e. The van der Waals surface area contributed by atoms with Crippen molar-refractivity contribution in [1.29, 1.82) is 0 Å². The fourth-order valence-corrected chi connectivity index (χ4v) is 4.01. The van der Waals surface area contributed by atoms with E-state index in [9.17, 15) is 14.0 Å². The van der Waals surface area contributed by atoms with Gasteiger partial charge in [0, 0.05) is 38.1 Å². The summed E-state index contributed by atoms with van der Waals surface area (Å²) in [6, 6.07) is 14.9. The lowest BCUT2D eigenvalue weighted by atomic mass is 9.95. The molecule has 0 saturated carbocycles. The molecule has 0 unspecified atom stereocenters. The molecule has 6 nitrogen and oxygen atoms in total. The molecule has 2 amide bonds. The molecule has 3 aromatic rings. The highest BCUT2D eigenvalue weighted by Crippen LogP contribution is 2.24. The van der Waals surface area contributed by atoms with Crippen LogP contribution in [0.15, 0.2) is 67.0 Å². The number of nitrogens with zero attached hydrogens (tertiary/aromatic N) is 3. The third kappa shape index (κ3) is 4.66. The van der Waals surface area contributed by atoms with Crippen LogP contribution in [-0.4, -0.2) is 39.4 Å². The average molecular weight is 420 g/mol. The van der Waals surface area contributed by atoms with Gasteiger partial charge in [0.1, 0.15) is 17.7 Å². The normalized spacial score (nSPS) is 17.2. The second kappa shape index (κ2) is 9.12. The molecule has 1 N–H and O–H groups in total. The molecule has 1 aliphatic heterocycles. The first-order valence-electron chi connectivity index (χ1n) is 10.4. The molecule has 2 aromatic carbocycles. The number of amides is 2. The summed E-state index contributed by atoms with van der Waals surface area (Å²) >= 11 is 0. The number of aromatic nitrogens is 2. The molecular weight excluding hydrogens is 395 g/mol. The summed E-state index contributed by atoms with van der Waals surface area (Å²) in [5.41, 5.74) is 1.37. The van der Waals surface area contributed by atoms with E-state index in [1.165, 1.54) is 24.3 Å². The van der Waals surface area contributed by atoms with Gasteiger partial charge in [-0.05, 0) is 42.7 Å². The van der Waals surface area contributed by atoms with Gasteiger partial charge >= 0.3 is 0 Å². The van der Waals surface area contributed by atoms with Crippen molar-refractivity contribution in [3.05, 3.63) is 89.8 Å². The molecule has 160 valence electrons. The predicted octanol–water partition coefficient (Wildman–Crippen LogP) is 3.32. The van der Waals surface area contributed by atoms with E-state index in [2.05, 4.69) is 10.3 Å². The Morgan fingerprint density at radius 1 is 1.13 bits per heavy atom. The van der Waals surface area contributed by atoms with Gasteiger partial charge in [0.05, 0.1) is 5.92 Å². The Balaban J connectivity index is 1.49. The highest BCUT2D eigenvalue weighted by atomic mass is 19.1. The van der Waals surface area contributed by atoms with Gasteiger partial charge in [0.2, 0.25) is 5.91 Å². The first-order chi connectivity index (χ1) is 15.0. The number of hydrogen-bond donors (Lipinski definition) is 1. The summed E-state index contributed by atoms with van der Waals surface area (Å²) in [5, 5.41) is 3.14. The quantitative estimate of drug-likeness (QED) is 0.689. The molecule has 1 aliphatic rings. The Labute approximate surface area is 180 Å². The van der Waals surface area contributed by atoms with Crippen LogP contribution < -0.4 is 5.32 Å². The van der Waals surface area contributed by atoms with Gasteiger partial charge in [-0.15, -0.1) is 0 Å². The lowest BCUT2D eigenvalue weighted by Gasteiger charge is -2.33. The van der Waals surface area contributed by atoms with Gasteiger partial charge < -0.3 is 14.8 Å². The van der Waals surface area contributed by atoms with E-state index >= 15 is 0 Å². The lowest BCUT2D eigenvalue weighted by Crippen LogP contribution is -2.46. The Hall–Kier alpha value is -3.48. The number of carbonyl (C=O) groups excluding carboxylic acids is 2. The van der Waals surface area contributed by atoms with Crippen molar-refractivity contribution in [2.45, 2.75) is 18.9 Å². The molecular formula is C24H25FN4O2. The molecule has 4 rings (SSSR count). The molecule has 1 aromatic heterocycles. The molecule has 31 heavy (non-hydrogen) atoms. The van der Waals surface area contributed by atoms with Gasteiger partial charge in [0.15, 0.2) is 0 Å². The number of rotatable bonds is 5. The van der Waals surface area contributed by atoms with E-state index in [0.29, 0.717) is 25.1 Å². The van der Waals surface area contributed by atoms with Crippen molar-refractivity contribution in [2.24, 2.45) is 13.0 Å². The van der Waals surface area contributed by atoms with E-state index < -0.39 is 0 Å². The van der Waals surface area contributed by atoms with Crippen LogP contribution in [0.3, 0.4) is 0 Å². The molecule has 0 bridgehead atoms. The molecule has 7 heteroatoms. The van der Waals surface area contributed by atoms with E-state index in [-0.39, 0.29) is 29.6 Å². The van der Waals surface area contributed by atoms with Crippen molar-refractivity contribution >= 4 is 11.8 Å². The van der Waals surface area contributed by atoms with Crippen LogP contribution in [0.4, 0.5) is 4.39 Å². The zero-order valence-corrected chi connectivity index (χ0v) is 17.4. The monoisotopic (exact) mass is 420 g/mol. The van der Waals surface area contributed by atoms with E-state index in [4.69, 9.17) is 0 Å². The standard InChI is InChI=1S/C24H25FN4O2/c1-28-15-13-26-22(28)21(17-6-3-2-4-7-17)27-23(30)19-8-5-14-29(16-19)24(31)18-9-11-20(25)12-10-18/h2-4,6-7,9-13,15,19,21H,5,8,14,16H2,1H3,(H,27,30)/t19-,21+/m1/s1. The number of nitrogens with one attached hydrogen (secondary N) is 1. The third-order valence-corrected chi connectivity index (χ3v) is 5.71. The maximum atomic E-state index is 13.2. The molecule has 2 atom stereocenters. The molecule has 1 fully saturated rings. The smallest absolute Gasteiger partial charge is 0.253 e. The maximum absolute atomic E-state index is 13.2. The summed E-state index contributed by atoms with van der Waals surface area (Å²) in [4.78, 5) is 32.1. The van der Waals surface area contributed by atoms with Gasteiger partial charge in [-0.1, -0.05) is 30.3 Å². The van der Waals surface area contributed by atoms with Crippen LogP contribution in [0.25, 0.3) is 0 Å². The Morgan fingerprint density at radius 3 is 2.55 bits per heavy atom. The minimum atomic E-state index is -0.381. The van der Waals surface area contributed by atoms with E-state index in [1.807, 2.05) is 48.1 Å². The van der Waals surface area contributed by atoms with Crippen LogP contribution in [0.1, 0.15) is 40.6 Å². The maximum Gasteiger partial charge on any atom is 0.253 e. The van der Waals surface area contributed by atoms with Crippen molar-refractivity contribution in [3.8, 4) is 0 Å². The largest absolute Gasteiger partial charge is 0.342 e. The molecule has 1 saturated heterocycles. The minimum absolute atomic E-state index is 0.103. The van der Waals surface area contributed by atoms with Gasteiger partial charge in [-0.3, -0.25) is 9.59 Å². The lowest BCUT2D eigenvalue weighted by molar-refractivity contribution is -0.126. The zero-order chi connectivity index (χ0) is 21.8. The van der Waals surface area contributed by atoms with Crippen LogP contribution in [0.5, 0.6) is 0 Å². The summed E-state index contributed by atoms with van der Waals surface area (Å²) in [5.74, 6) is -0.234. The van der Waals surface area contributed by atoms with E-state index in [0.717, 1.165) is 17.8 Å². The van der Waals surface area contributed by atoms with Crippen LogP contribution in [0.2, 0.25) is 0 Å². The first-order valence-corrected chi connectivity index (χ1v) is 10.4. The Bertz CT molecular complexity index is 1050. The number of carbonyl (C=O) groups is 2. The number of piperidine rings is 1. The van der Waals surface area contributed by atoms with Crippen LogP contribution >= 0.6 is 0 Å². The first kappa shape index (κ1) is 20.8. The zero-order valence-electron chi connectivity index (χ0n) is 17.4. The average Bonchev–Trinajstić information content (AvgIpc) is 3.23. The van der Waals surface area contributed by atoms with Gasteiger partial charge in [0.25, 0.3) is 5.91 Å². The molecule has 0 spiro atoms. The Kier molecular flexibility index (Phi) is 6.11. The van der Waals surface area contributed by atoms with Crippen molar-refractivity contribution in [2.75, 3.05) is 13.1 Å². The Morgan fingerprint density at radius 2 is 1.87 bits per heavy atom. The fourth-order valence-electron chi connectivity index (χ4n) is 4.01. The third-order valence-electron chi connectivity index (χ3n) is 5.71. The van der Waals surface area contributed by atoms with Crippen molar-refractivity contribution in [3.63, 3.8) is 0 Å². The summed E-state index contributed by atoms with van der Waals surface area (Å²) in [7, 11) is 1.90. The number of imidazole rings is 1. The second-order valence-corrected chi connectivity index (χ2v) is 7.85. The highest BCUT2D eigenvalue weighted by Gasteiger charge is 2.31. The SMILES string of the molecule is Cn1ccnc1[C@@H](NC(=O)[C@@H]1CCCN(C(=O)c2ccc(F)cc2)C1)c1ccccc1. The number of hydrogen-bond acceptors (Lipinski definition) is 3. The summed E-state index contributed by atoms with van der Waals surface area (Å²) in [6.07, 6.45) is 5.01. The number of likely N-dealkylation sites (tertiary alicyclic amines) is 1. The summed E-state index contributed by atoms with van der Waals surface area (Å²) in [6.45, 7) is 0.922. The molecule has 0 radical (unpaired) electrons. The summed E-state index contributed by atoms with van der Waals surface area (Å²) < 4.78 is 15.1. The number of aryl methyl sites for hydroxylation is 1. The van der Waals surface area contributed by atoms with Gasteiger partial charge in [-0.25, -0.2) is 9.37 Å². The topological polar surface area (TPSA) is 67.2 Å². The number of halogens is 1. The van der Waals surface area contributed by atoms with Crippen LogP contribution in [-0.2, 0) is 11.8 Å². The van der Waals surface area contributed by atoms with Crippen molar-refractivity contribution in [1.82, 2.24) is 19.8 Å². The number of benzene rings is 2. The predicted molar refractivity (Wildman–Crippen MR) is 115 cm³/mol.